The molecule has 0 aliphatic heterocycles. The van der Waals surface area contributed by atoms with E-state index in [2.05, 4.69) is 15.3 Å². The van der Waals surface area contributed by atoms with Crippen molar-refractivity contribution < 1.29 is 21.6 Å². The Morgan fingerprint density at radius 1 is 1.00 bits per heavy atom. The molecule has 3 rings (SSSR count). The number of nitrogens with zero attached hydrogens (tertiary/aromatic N) is 2. The smallest absolute Gasteiger partial charge is 0.324 e. The molecule has 0 spiro atoms. The van der Waals surface area contributed by atoms with E-state index in [1.165, 1.54) is 30.3 Å². The van der Waals surface area contributed by atoms with Gasteiger partial charge in [-0.2, -0.15) is 13.2 Å². The predicted molar refractivity (Wildman–Crippen MR) is 99.0 cm³/mol. The Morgan fingerprint density at radius 3 is 2.36 bits per heavy atom. The van der Waals surface area contributed by atoms with Gasteiger partial charge in [-0.3, -0.25) is 4.72 Å². The lowest BCUT2D eigenvalue weighted by Gasteiger charge is -2.15. The van der Waals surface area contributed by atoms with E-state index in [1.54, 1.807) is 24.3 Å². The second-order valence-electron chi connectivity index (χ2n) is 5.51. The minimum Gasteiger partial charge on any atom is -0.324 e. The molecular formula is C17H12ClF3N4O2S. The fraction of sp³-hybridized carbons (Fsp3) is 0.0588. The van der Waals surface area contributed by atoms with E-state index in [-0.39, 0.29) is 10.8 Å². The maximum absolute atomic E-state index is 13.4. The Bertz CT molecular complexity index is 1090. The van der Waals surface area contributed by atoms with Crippen LogP contribution in [0.2, 0.25) is 5.02 Å². The average Bonchev–Trinajstić information content (AvgIpc) is 2.63. The van der Waals surface area contributed by atoms with E-state index < -0.39 is 27.6 Å². The summed E-state index contributed by atoms with van der Waals surface area (Å²) in [5.41, 5.74) is -1.84. The Kier molecular flexibility index (Phi) is 5.43. The summed E-state index contributed by atoms with van der Waals surface area (Å²) < 4.78 is 66.9. The monoisotopic (exact) mass is 428 g/mol. The van der Waals surface area contributed by atoms with Crippen LogP contribution >= 0.6 is 11.6 Å². The molecule has 146 valence electrons. The van der Waals surface area contributed by atoms with Gasteiger partial charge in [0.1, 0.15) is 0 Å². The van der Waals surface area contributed by atoms with Crippen molar-refractivity contribution in [2.75, 3.05) is 10.0 Å². The largest absolute Gasteiger partial charge is 0.435 e. The molecule has 0 unspecified atom stereocenters. The number of alkyl halides is 3. The molecule has 0 radical (unpaired) electrons. The summed E-state index contributed by atoms with van der Waals surface area (Å²) in [6.45, 7) is 0. The number of hydrogen-bond donors (Lipinski definition) is 2. The van der Waals surface area contributed by atoms with Gasteiger partial charge in [0.2, 0.25) is 5.95 Å². The van der Waals surface area contributed by atoms with E-state index in [0.29, 0.717) is 10.7 Å². The van der Waals surface area contributed by atoms with Crippen LogP contribution < -0.4 is 10.0 Å². The summed E-state index contributed by atoms with van der Waals surface area (Å²) in [7, 11) is -4.24. The zero-order chi connectivity index (χ0) is 20.4. The van der Waals surface area contributed by atoms with Crippen molar-refractivity contribution in [3.8, 4) is 0 Å². The fourth-order valence-corrected chi connectivity index (χ4v) is 3.49. The quantitative estimate of drug-likeness (QED) is 0.615. The maximum Gasteiger partial charge on any atom is 0.435 e. The SMILES string of the molecule is O=S(=O)(Nc1cnc(Nc2cccc(Cl)c2)nc1C(F)(F)F)c1ccccc1. The maximum atomic E-state index is 13.4. The third kappa shape index (κ3) is 4.70. The third-order valence-electron chi connectivity index (χ3n) is 3.44. The molecule has 0 aliphatic carbocycles. The van der Waals surface area contributed by atoms with Gasteiger partial charge in [0.15, 0.2) is 5.69 Å². The summed E-state index contributed by atoms with van der Waals surface area (Å²) in [5.74, 6) is -0.364. The minimum atomic E-state index is -4.91. The predicted octanol–water partition coefficient (Wildman–Crippen LogP) is 4.69. The summed E-state index contributed by atoms with van der Waals surface area (Å²) in [6, 6.07) is 13.2. The van der Waals surface area contributed by atoms with Gasteiger partial charge in [-0.15, -0.1) is 0 Å². The highest BCUT2D eigenvalue weighted by Gasteiger charge is 2.37. The summed E-state index contributed by atoms with van der Waals surface area (Å²) >= 11 is 5.83. The fourth-order valence-electron chi connectivity index (χ4n) is 2.23. The highest BCUT2D eigenvalue weighted by molar-refractivity contribution is 7.92. The summed E-state index contributed by atoms with van der Waals surface area (Å²) in [4.78, 5) is 7.00. The Morgan fingerprint density at radius 2 is 1.71 bits per heavy atom. The molecule has 11 heteroatoms. The van der Waals surface area contributed by atoms with E-state index in [0.717, 1.165) is 6.20 Å². The first-order valence-corrected chi connectivity index (χ1v) is 9.56. The number of nitrogens with one attached hydrogen (secondary N) is 2. The number of hydrogen-bond acceptors (Lipinski definition) is 5. The van der Waals surface area contributed by atoms with Gasteiger partial charge in [-0.05, 0) is 30.3 Å². The first kappa shape index (κ1) is 19.9. The molecule has 2 aromatic carbocycles. The van der Waals surface area contributed by atoms with Crippen molar-refractivity contribution >= 4 is 38.9 Å². The molecule has 1 heterocycles. The van der Waals surface area contributed by atoms with E-state index in [1.807, 2.05) is 4.72 Å². The molecule has 0 saturated heterocycles. The van der Waals surface area contributed by atoms with Gasteiger partial charge in [0.25, 0.3) is 10.0 Å². The molecule has 6 nitrogen and oxygen atoms in total. The second kappa shape index (κ2) is 7.64. The van der Waals surface area contributed by atoms with Gasteiger partial charge in [-0.1, -0.05) is 35.9 Å². The van der Waals surface area contributed by atoms with Gasteiger partial charge in [0.05, 0.1) is 16.8 Å². The van der Waals surface area contributed by atoms with Crippen molar-refractivity contribution in [2.45, 2.75) is 11.1 Å². The van der Waals surface area contributed by atoms with Crippen molar-refractivity contribution in [1.29, 1.82) is 0 Å². The molecule has 28 heavy (non-hydrogen) atoms. The molecule has 0 amide bonds. The van der Waals surface area contributed by atoms with Crippen LogP contribution in [-0.2, 0) is 16.2 Å². The highest BCUT2D eigenvalue weighted by Crippen LogP contribution is 2.35. The number of rotatable bonds is 5. The van der Waals surface area contributed by atoms with Crippen LogP contribution in [0, 0.1) is 0 Å². The molecule has 0 fully saturated rings. The zero-order valence-electron chi connectivity index (χ0n) is 13.9. The lowest BCUT2D eigenvalue weighted by atomic mass is 10.3. The normalized spacial score (nSPS) is 11.9. The van der Waals surface area contributed by atoms with Crippen molar-refractivity contribution in [2.24, 2.45) is 0 Å². The van der Waals surface area contributed by atoms with Crippen LogP contribution in [0.1, 0.15) is 5.69 Å². The molecular weight excluding hydrogens is 417 g/mol. The van der Waals surface area contributed by atoms with Gasteiger partial charge >= 0.3 is 6.18 Å². The molecule has 1 aromatic heterocycles. The number of aromatic nitrogens is 2. The Hall–Kier alpha value is -2.85. The summed E-state index contributed by atoms with van der Waals surface area (Å²) in [5, 5.41) is 2.96. The standard InChI is InChI=1S/C17H12ClF3N4O2S/c18-11-5-4-6-12(9-11)23-16-22-10-14(15(24-16)17(19,20)21)25-28(26,27)13-7-2-1-3-8-13/h1-10,25H,(H,22,23,24). The lowest BCUT2D eigenvalue weighted by molar-refractivity contribution is -0.140. The molecule has 2 N–H and O–H groups in total. The molecule has 3 aromatic rings. The Labute approximate surface area is 163 Å². The van der Waals surface area contributed by atoms with Crippen LogP contribution in [0.15, 0.2) is 65.7 Å². The van der Waals surface area contributed by atoms with Gasteiger partial charge < -0.3 is 5.32 Å². The third-order valence-corrected chi connectivity index (χ3v) is 5.05. The van der Waals surface area contributed by atoms with Crippen molar-refractivity contribution in [3.63, 3.8) is 0 Å². The topological polar surface area (TPSA) is 84.0 Å². The number of halogens is 4. The van der Waals surface area contributed by atoms with E-state index in [4.69, 9.17) is 11.6 Å². The van der Waals surface area contributed by atoms with E-state index >= 15 is 0 Å². The molecule has 0 atom stereocenters. The second-order valence-corrected chi connectivity index (χ2v) is 7.63. The van der Waals surface area contributed by atoms with Crippen LogP contribution in [0.25, 0.3) is 0 Å². The first-order chi connectivity index (χ1) is 13.1. The highest BCUT2D eigenvalue weighted by atomic mass is 35.5. The lowest BCUT2D eigenvalue weighted by Crippen LogP contribution is -2.19. The van der Waals surface area contributed by atoms with E-state index in [9.17, 15) is 21.6 Å². The zero-order valence-corrected chi connectivity index (χ0v) is 15.5. The number of anilines is 3. The summed E-state index contributed by atoms with van der Waals surface area (Å²) in [6.07, 6.45) is -4.16. The van der Waals surface area contributed by atoms with Crippen molar-refractivity contribution in [3.05, 3.63) is 71.5 Å². The number of benzene rings is 2. The minimum absolute atomic E-state index is 0.191. The van der Waals surface area contributed by atoms with Crippen LogP contribution in [-0.4, -0.2) is 18.4 Å². The first-order valence-electron chi connectivity index (χ1n) is 7.70. The molecule has 0 saturated carbocycles. The van der Waals surface area contributed by atoms with Gasteiger partial charge in [0, 0.05) is 10.7 Å². The molecule has 0 aliphatic rings. The van der Waals surface area contributed by atoms with Crippen molar-refractivity contribution in [1.82, 2.24) is 9.97 Å². The number of sulfonamides is 1. The Balaban J connectivity index is 1.96. The average molecular weight is 429 g/mol. The van der Waals surface area contributed by atoms with Crippen LogP contribution in [0.4, 0.5) is 30.5 Å². The van der Waals surface area contributed by atoms with Crippen LogP contribution in [0.3, 0.4) is 0 Å². The van der Waals surface area contributed by atoms with Gasteiger partial charge in [-0.25, -0.2) is 18.4 Å². The van der Waals surface area contributed by atoms with Crippen LogP contribution in [0.5, 0.6) is 0 Å². The molecule has 0 bridgehead atoms.